The number of hydrogen-bond acceptors (Lipinski definition) is 4. The number of benzene rings is 2. The van der Waals surface area contributed by atoms with Gasteiger partial charge in [0.1, 0.15) is 0 Å². The molecule has 1 N–H and O–H groups in total. The summed E-state index contributed by atoms with van der Waals surface area (Å²) in [5, 5.41) is 4.18. The predicted octanol–water partition coefficient (Wildman–Crippen LogP) is 6.70. The van der Waals surface area contributed by atoms with Crippen LogP contribution in [-0.4, -0.2) is 17.9 Å². The lowest BCUT2D eigenvalue weighted by Crippen LogP contribution is -2.36. The molecule has 1 aliphatic carbocycles. The van der Waals surface area contributed by atoms with Crippen LogP contribution in [0, 0.1) is 0 Å². The number of Topliss-reactive ketones (excluding diaryl/α,β-unsaturated/α-hetero) is 1. The molecule has 33 heavy (non-hydrogen) atoms. The zero-order valence-corrected chi connectivity index (χ0v) is 20.5. The molecule has 6 heteroatoms. The number of nitrogens with one attached hydrogen (secondary N) is 1. The molecule has 1 aliphatic heterocycles. The Morgan fingerprint density at radius 3 is 2.48 bits per heavy atom. The molecule has 0 radical (unpaired) electrons. The summed E-state index contributed by atoms with van der Waals surface area (Å²) in [4.78, 5) is 26.8. The Bertz CT molecular complexity index is 1150. The maximum Gasteiger partial charge on any atom is 0.337 e. The van der Waals surface area contributed by atoms with Crippen LogP contribution in [0.5, 0.6) is 0 Å². The summed E-state index contributed by atoms with van der Waals surface area (Å²) in [5.41, 5.74) is 4.49. The maximum absolute atomic E-state index is 13.6. The zero-order valence-electron chi connectivity index (χ0n) is 19.0. The number of rotatable bonds is 5. The molecule has 0 fully saturated rings. The number of hydrogen-bond donors (Lipinski definition) is 1. The van der Waals surface area contributed by atoms with Crippen molar-refractivity contribution in [3.8, 4) is 0 Å². The zero-order chi connectivity index (χ0) is 23.7. The molecule has 0 spiro atoms. The van der Waals surface area contributed by atoms with E-state index in [9.17, 15) is 9.59 Å². The predicted molar refractivity (Wildman–Crippen MR) is 131 cm³/mol. The van der Waals surface area contributed by atoms with Crippen molar-refractivity contribution < 1.29 is 14.3 Å². The van der Waals surface area contributed by atoms with Gasteiger partial charge in [0.25, 0.3) is 0 Å². The first-order valence-corrected chi connectivity index (χ1v) is 12.0. The Hall–Kier alpha value is -2.56. The van der Waals surface area contributed by atoms with Crippen molar-refractivity contribution in [2.24, 2.45) is 0 Å². The molecule has 0 saturated heterocycles. The highest BCUT2D eigenvalue weighted by atomic mass is 35.5. The fourth-order valence-electron chi connectivity index (χ4n) is 4.63. The van der Waals surface area contributed by atoms with Gasteiger partial charge in [0.15, 0.2) is 5.78 Å². The summed E-state index contributed by atoms with van der Waals surface area (Å²) in [5.74, 6) is -0.873. The van der Waals surface area contributed by atoms with Gasteiger partial charge < -0.3 is 10.1 Å². The second-order valence-electron chi connectivity index (χ2n) is 8.73. The molecular weight excluding hydrogens is 457 g/mol. The van der Waals surface area contributed by atoms with Gasteiger partial charge in [-0.3, -0.25) is 4.79 Å². The number of esters is 1. The van der Waals surface area contributed by atoms with Gasteiger partial charge in [0.05, 0.1) is 21.7 Å². The smallest absolute Gasteiger partial charge is 0.337 e. The van der Waals surface area contributed by atoms with E-state index in [0.717, 1.165) is 16.8 Å². The van der Waals surface area contributed by atoms with Crippen molar-refractivity contribution in [3.05, 3.63) is 92.2 Å². The maximum atomic E-state index is 13.6. The highest BCUT2D eigenvalue weighted by molar-refractivity contribution is 6.42. The summed E-state index contributed by atoms with van der Waals surface area (Å²) in [6.45, 7) is 5.68. The minimum absolute atomic E-state index is 0.0232. The molecule has 0 aromatic heterocycles. The van der Waals surface area contributed by atoms with Crippen LogP contribution >= 0.6 is 23.2 Å². The third-order valence-corrected chi connectivity index (χ3v) is 7.22. The van der Waals surface area contributed by atoms with Crippen molar-refractivity contribution in [1.82, 2.24) is 5.32 Å². The summed E-state index contributed by atoms with van der Waals surface area (Å²) >= 11 is 12.5. The van der Waals surface area contributed by atoms with E-state index in [-0.39, 0.29) is 17.8 Å². The molecule has 0 saturated carbocycles. The monoisotopic (exact) mass is 483 g/mol. The average molecular weight is 484 g/mol. The number of allylic oxidation sites excluding steroid dienone is 3. The average Bonchev–Trinajstić information content (AvgIpc) is 2.80. The fourth-order valence-corrected chi connectivity index (χ4v) is 4.93. The molecular formula is C27H27Cl2NO3. The van der Waals surface area contributed by atoms with E-state index in [2.05, 4.69) is 17.4 Å². The third kappa shape index (κ3) is 4.73. The number of ether oxygens (including phenoxy) is 1. The van der Waals surface area contributed by atoms with Crippen LogP contribution in [0.3, 0.4) is 0 Å². The number of carbonyl (C=O) groups excluding carboxylic acids is 2. The fraction of sp³-hybridized carbons (Fsp3) is 0.333. The van der Waals surface area contributed by atoms with E-state index < -0.39 is 11.9 Å². The van der Waals surface area contributed by atoms with Gasteiger partial charge in [0, 0.05) is 29.3 Å². The van der Waals surface area contributed by atoms with E-state index in [4.69, 9.17) is 27.9 Å². The van der Waals surface area contributed by atoms with E-state index in [1.54, 1.807) is 12.1 Å². The second kappa shape index (κ2) is 9.74. The van der Waals surface area contributed by atoms with Gasteiger partial charge in [-0.2, -0.15) is 0 Å². The van der Waals surface area contributed by atoms with Gasteiger partial charge in [-0.05, 0) is 55.9 Å². The molecule has 0 amide bonds. The molecule has 4 rings (SSSR count). The largest absolute Gasteiger partial charge is 0.459 e. The Morgan fingerprint density at radius 1 is 1.09 bits per heavy atom. The first-order chi connectivity index (χ1) is 15.8. The van der Waals surface area contributed by atoms with Crippen LogP contribution in [0.25, 0.3) is 0 Å². The molecule has 3 atom stereocenters. The summed E-state index contributed by atoms with van der Waals surface area (Å²) in [6, 6.07) is 15.3. The van der Waals surface area contributed by atoms with E-state index in [1.165, 1.54) is 0 Å². The van der Waals surface area contributed by atoms with Crippen LogP contribution < -0.4 is 5.32 Å². The van der Waals surface area contributed by atoms with Crippen LogP contribution in [0.1, 0.15) is 63.0 Å². The minimum atomic E-state index is -0.559. The molecule has 2 aromatic carbocycles. The Morgan fingerprint density at radius 2 is 1.82 bits per heavy atom. The van der Waals surface area contributed by atoms with Crippen molar-refractivity contribution >= 4 is 35.0 Å². The minimum Gasteiger partial charge on any atom is -0.459 e. The SMILES string of the molecule is CC[C@@H](C)OC(=O)C1=C(C)NC2=C(C(=O)C[C@@H](c3ccccc3)C2)[C@@H]1c1ccc(Cl)c(Cl)c1. The van der Waals surface area contributed by atoms with Gasteiger partial charge in [0.2, 0.25) is 0 Å². The van der Waals surface area contributed by atoms with Crippen molar-refractivity contribution in [2.75, 3.05) is 0 Å². The highest BCUT2D eigenvalue weighted by Crippen LogP contribution is 2.46. The van der Waals surface area contributed by atoms with E-state index in [1.807, 2.05) is 45.0 Å². The summed E-state index contributed by atoms with van der Waals surface area (Å²) in [7, 11) is 0. The lowest BCUT2D eigenvalue weighted by molar-refractivity contribution is -0.144. The third-order valence-electron chi connectivity index (χ3n) is 6.48. The van der Waals surface area contributed by atoms with Crippen LogP contribution in [0.2, 0.25) is 10.0 Å². The molecule has 2 aromatic rings. The number of halogens is 2. The standard InChI is InChI=1S/C27H27Cl2NO3/c1-4-15(2)33-27(32)24-16(3)30-22-13-19(17-8-6-5-7-9-17)14-23(31)26(22)25(24)18-10-11-20(28)21(29)12-18/h5-12,15,19,25,30H,4,13-14H2,1-3H3/t15-,19+,25-/m1/s1. The van der Waals surface area contributed by atoms with Crippen LogP contribution in [-0.2, 0) is 14.3 Å². The van der Waals surface area contributed by atoms with Crippen LogP contribution in [0.15, 0.2) is 71.1 Å². The summed E-state index contributed by atoms with van der Waals surface area (Å²) < 4.78 is 5.69. The Kier molecular flexibility index (Phi) is 6.96. The van der Waals surface area contributed by atoms with Crippen molar-refractivity contribution in [2.45, 2.75) is 58.0 Å². The Balaban J connectivity index is 1.80. The first-order valence-electron chi connectivity index (χ1n) is 11.2. The lowest BCUT2D eigenvalue weighted by atomic mass is 9.72. The second-order valence-corrected chi connectivity index (χ2v) is 9.54. The molecule has 0 unspecified atom stereocenters. The first kappa shape index (κ1) is 23.6. The van der Waals surface area contributed by atoms with Gasteiger partial charge in [-0.25, -0.2) is 4.79 Å². The lowest BCUT2D eigenvalue weighted by Gasteiger charge is -2.37. The molecule has 2 aliphatic rings. The van der Waals surface area contributed by atoms with E-state index in [0.29, 0.717) is 46.2 Å². The number of carbonyl (C=O) groups is 2. The molecule has 4 nitrogen and oxygen atoms in total. The highest BCUT2D eigenvalue weighted by Gasteiger charge is 2.41. The molecule has 0 bridgehead atoms. The topological polar surface area (TPSA) is 55.4 Å². The summed E-state index contributed by atoms with van der Waals surface area (Å²) in [6.07, 6.45) is 1.55. The number of ketones is 1. The van der Waals surface area contributed by atoms with Crippen molar-refractivity contribution in [1.29, 1.82) is 0 Å². The van der Waals surface area contributed by atoms with Gasteiger partial charge in [-0.15, -0.1) is 0 Å². The van der Waals surface area contributed by atoms with Gasteiger partial charge in [-0.1, -0.05) is 66.5 Å². The molecule has 1 heterocycles. The van der Waals surface area contributed by atoms with E-state index >= 15 is 0 Å². The quantitative estimate of drug-likeness (QED) is 0.480. The molecule has 172 valence electrons. The number of dihydropyridines is 1. The Labute approximate surface area is 204 Å². The van der Waals surface area contributed by atoms with Crippen molar-refractivity contribution in [3.63, 3.8) is 0 Å². The van der Waals surface area contributed by atoms with Gasteiger partial charge >= 0.3 is 5.97 Å². The normalized spacial score (nSPS) is 21.4. The van der Waals surface area contributed by atoms with Crippen LogP contribution in [0.4, 0.5) is 0 Å².